The molecule has 6 nitrogen and oxygen atoms in total. The van der Waals surface area contributed by atoms with Crippen molar-refractivity contribution in [3.05, 3.63) is 29.8 Å². The van der Waals surface area contributed by atoms with Crippen molar-refractivity contribution in [2.75, 3.05) is 25.0 Å². The number of anilines is 1. The van der Waals surface area contributed by atoms with Crippen LogP contribution in [0.1, 0.15) is 53.5 Å². The Bertz CT molecular complexity index is 694. The van der Waals surface area contributed by atoms with Crippen molar-refractivity contribution in [1.29, 1.82) is 0 Å². The fourth-order valence-corrected chi connectivity index (χ4v) is 3.48. The molecule has 1 aromatic carbocycles. The van der Waals surface area contributed by atoms with Crippen LogP contribution in [0.2, 0.25) is 0 Å². The second-order valence-electron chi connectivity index (χ2n) is 8.47. The summed E-state index contributed by atoms with van der Waals surface area (Å²) in [5.74, 6) is 1.51. The number of halogens is 1. The van der Waals surface area contributed by atoms with Crippen LogP contribution in [0, 0.1) is 11.8 Å². The summed E-state index contributed by atoms with van der Waals surface area (Å²) in [6, 6.07) is 8.92. The molecule has 0 aromatic heterocycles. The summed E-state index contributed by atoms with van der Waals surface area (Å²) in [6.07, 6.45) is 0.835. The number of guanidine groups is 1. The quantitative estimate of drug-likeness (QED) is 0.270. The largest absolute Gasteiger partial charge is 0.357 e. The lowest BCUT2D eigenvalue weighted by molar-refractivity contribution is -0.119. The molecular weight excluding hydrogens is 489 g/mol. The van der Waals surface area contributed by atoms with E-state index in [0.717, 1.165) is 43.3 Å². The Morgan fingerprint density at radius 2 is 1.97 bits per heavy atom. The topological polar surface area (TPSA) is 68.8 Å². The number of carbonyl (C=O) groups excluding carboxylic acids is 1. The first-order valence-electron chi connectivity index (χ1n) is 11.0. The lowest BCUT2D eigenvalue weighted by atomic mass is 10.1. The zero-order valence-electron chi connectivity index (χ0n) is 19.4. The van der Waals surface area contributed by atoms with Crippen LogP contribution in [-0.4, -0.2) is 48.5 Å². The molecule has 0 saturated carbocycles. The van der Waals surface area contributed by atoms with Crippen LogP contribution in [0.5, 0.6) is 0 Å². The maximum absolute atomic E-state index is 12.1. The summed E-state index contributed by atoms with van der Waals surface area (Å²) in [6.45, 7) is 16.4. The van der Waals surface area contributed by atoms with Crippen LogP contribution in [0.25, 0.3) is 0 Å². The van der Waals surface area contributed by atoms with Gasteiger partial charge in [0.15, 0.2) is 5.96 Å². The van der Waals surface area contributed by atoms with Gasteiger partial charge in [0.25, 0.3) is 0 Å². The van der Waals surface area contributed by atoms with Crippen LogP contribution in [0.4, 0.5) is 5.69 Å². The van der Waals surface area contributed by atoms with E-state index in [-0.39, 0.29) is 35.8 Å². The first kappa shape index (κ1) is 26.7. The minimum Gasteiger partial charge on any atom is -0.357 e. The van der Waals surface area contributed by atoms with E-state index in [1.807, 2.05) is 38.1 Å². The van der Waals surface area contributed by atoms with Gasteiger partial charge < -0.3 is 16.0 Å². The Kier molecular flexibility index (Phi) is 11.7. The number of likely N-dealkylation sites (tertiary alicyclic amines) is 1. The number of rotatable bonds is 8. The molecule has 30 heavy (non-hydrogen) atoms. The number of amides is 1. The van der Waals surface area contributed by atoms with Crippen molar-refractivity contribution in [3.8, 4) is 0 Å². The van der Waals surface area contributed by atoms with Crippen LogP contribution in [0.15, 0.2) is 29.3 Å². The SMILES string of the molecule is CCNC(=NCc1cccc(NC(=O)C(C)CC)c1)NC1CN(C(C)C)CC1C.I. The molecular formula is C23H40IN5O. The molecule has 2 rings (SSSR count). The van der Waals surface area contributed by atoms with Crippen molar-refractivity contribution in [2.24, 2.45) is 16.8 Å². The summed E-state index contributed by atoms with van der Waals surface area (Å²) < 4.78 is 0. The highest BCUT2D eigenvalue weighted by Gasteiger charge is 2.31. The number of carbonyl (C=O) groups is 1. The van der Waals surface area contributed by atoms with Crippen molar-refractivity contribution < 1.29 is 4.79 Å². The molecule has 1 aliphatic rings. The maximum atomic E-state index is 12.1. The third-order valence-corrected chi connectivity index (χ3v) is 5.71. The average Bonchev–Trinajstić information content (AvgIpc) is 3.06. The predicted molar refractivity (Wildman–Crippen MR) is 138 cm³/mol. The average molecular weight is 530 g/mol. The normalized spacial score (nSPS) is 20.6. The van der Waals surface area contributed by atoms with E-state index in [9.17, 15) is 4.79 Å². The van der Waals surface area contributed by atoms with E-state index in [2.05, 4.69) is 48.5 Å². The fourth-order valence-electron chi connectivity index (χ4n) is 3.48. The molecule has 1 saturated heterocycles. The van der Waals surface area contributed by atoms with Gasteiger partial charge in [0.2, 0.25) is 5.91 Å². The molecule has 0 aliphatic carbocycles. The number of nitrogens with one attached hydrogen (secondary N) is 3. The van der Waals surface area contributed by atoms with Gasteiger partial charge in [-0.3, -0.25) is 9.69 Å². The van der Waals surface area contributed by atoms with E-state index < -0.39 is 0 Å². The highest BCUT2D eigenvalue weighted by molar-refractivity contribution is 14.0. The monoisotopic (exact) mass is 529 g/mol. The molecule has 0 bridgehead atoms. The summed E-state index contributed by atoms with van der Waals surface area (Å²) in [5.41, 5.74) is 1.91. The molecule has 3 unspecified atom stereocenters. The molecule has 1 aromatic rings. The Balaban J connectivity index is 0.00000450. The molecule has 3 N–H and O–H groups in total. The number of aliphatic imine (C=N–C) groups is 1. The van der Waals surface area contributed by atoms with Gasteiger partial charge in [-0.1, -0.05) is 32.9 Å². The number of nitrogens with zero attached hydrogens (tertiary/aromatic N) is 2. The summed E-state index contributed by atoms with van der Waals surface area (Å²) in [5, 5.41) is 9.98. The van der Waals surface area contributed by atoms with Gasteiger partial charge in [0, 0.05) is 43.3 Å². The van der Waals surface area contributed by atoms with Gasteiger partial charge in [-0.15, -0.1) is 24.0 Å². The summed E-state index contributed by atoms with van der Waals surface area (Å²) >= 11 is 0. The zero-order chi connectivity index (χ0) is 21.4. The van der Waals surface area contributed by atoms with Crippen molar-refractivity contribution in [2.45, 2.75) is 66.6 Å². The highest BCUT2D eigenvalue weighted by atomic mass is 127. The second-order valence-corrected chi connectivity index (χ2v) is 8.47. The van der Waals surface area contributed by atoms with E-state index in [1.165, 1.54) is 0 Å². The molecule has 7 heteroatoms. The molecule has 170 valence electrons. The smallest absolute Gasteiger partial charge is 0.227 e. The Morgan fingerprint density at radius 3 is 2.57 bits per heavy atom. The van der Waals surface area contributed by atoms with Gasteiger partial charge in [-0.2, -0.15) is 0 Å². The van der Waals surface area contributed by atoms with Gasteiger partial charge >= 0.3 is 0 Å². The molecule has 1 amide bonds. The van der Waals surface area contributed by atoms with Crippen LogP contribution in [0.3, 0.4) is 0 Å². The molecule has 0 spiro atoms. The minimum absolute atomic E-state index is 0. The maximum Gasteiger partial charge on any atom is 0.227 e. The molecule has 1 aliphatic heterocycles. The first-order valence-corrected chi connectivity index (χ1v) is 11.0. The van der Waals surface area contributed by atoms with E-state index in [1.54, 1.807) is 0 Å². The van der Waals surface area contributed by atoms with Crippen LogP contribution in [-0.2, 0) is 11.3 Å². The Hall–Kier alpha value is -1.35. The highest BCUT2D eigenvalue weighted by Crippen LogP contribution is 2.19. The zero-order valence-corrected chi connectivity index (χ0v) is 21.7. The van der Waals surface area contributed by atoms with Gasteiger partial charge in [0.05, 0.1) is 6.54 Å². The fraction of sp³-hybridized carbons (Fsp3) is 0.652. The molecule has 1 fully saturated rings. The minimum atomic E-state index is 0. The number of hydrogen-bond donors (Lipinski definition) is 3. The van der Waals surface area contributed by atoms with Gasteiger partial charge in [-0.25, -0.2) is 4.99 Å². The van der Waals surface area contributed by atoms with Crippen molar-refractivity contribution >= 4 is 41.5 Å². The summed E-state index contributed by atoms with van der Waals surface area (Å²) in [4.78, 5) is 19.4. The second kappa shape index (κ2) is 13.1. The van der Waals surface area contributed by atoms with Crippen LogP contribution < -0.4 is 16.0 Å². The Morgan fingerprint density at radius 1 is 1.23 bits per heavy atom. The first-order chi connectivity index (χ1) is 13.8. The third-order valence-electron chi connectivity index (χ3n) is 5.71. The molecule has 0 radical (unpaired) electrons. The lowest BCUT2D eigenvalue weighted by Gasteiger charge is -2.22. The number of hydrogen-bond acceptors (Lipinski definition) is 3. The Labute approximate surface area is 199 Å². The van der Waals surface area contributed by atoms with E-state index in [4.69, 9.17) is 4.99 Å². The third kappa shape index (κ3) is 8.06. The molecule has 3 atom stereocenters. The number of benzene rings is 1. The van der Waals surface area contributed by atoms with Crippen LogP contribution >= 0.6 is 24.0 Å². The standard InChI is InChI=1S/C23H39N5O.HI/c1-7-17(5)22(29)26-20-11-9-10-19(12-20)13-25-23(24-8-2)27-21-15-28(16(3)4)14-18(21)6;/h9-12,16-18,21H,7-8,13-15H2,1-6H3,(H,26,29)(H2,24,25,27);1H. The van der Waals surface area contributed by atoms with Crippen molar-refractivity contribution in [3.63, 3.8) is 0 Å². The van der Waals surface area contributed by atoms with E-state index in [0.29, 0.717) is 24.5 Å². The lowest BCUT2D eigenvalue weighted by Crippen LogP contribution is -2.46. The predicted octanol–water partition coefficient (Wildman–Crippen LogP) is 4.07. The van der Waals surface area contributed by atoms with Gasteiger partial charge in [0.1, 0.15) is 0 Å². The van der Waals surface area contributed by atoms with E-state index >= 15 is 0 Å². The summed E-state index contributed by atoms with van der Waals surface area (Å²) in [7, 11) is 0. The van der Waals surface area contributed by atoms with Crippen molar-refractivity contribution in [1.82, 2.24) is 15.5 Å². The molecule has 1 heterocycles. The van der Waals surface area contributed by atoms with Gasteiger partial charge in [-0.05, 0) is 50.8 Å².